The van der Waals surface area contributed by atoms with E-state index >= 15 is 0 Å². The summed E-state index contributed by atoms with van der Waals surface area (Å²) < 4.78 is 32.2. The van der Waals surface area contributed by atoms with Gasteiger partial charge in [-0.2, -0.15) is 13.1 Å². The number of rotatable bonds is 7. The lowest BCUT2D eigenvalue weighted by Crippen LogP contribution is -2.39. The molecule has 0 saturated carbocycles. The van der Waals surface area contributed by atoms with Crippen LogP contribution in [0.15, 0.2) is 24.3 Å². The molecule has 0 radical (unpaired) electrons. The highest BCUT2D eigenvalue weighted by atomic mass is 32.2. The van der Waals surface area contributed by atoms with Gasteiger partial charge in [0.05, 0.1) is 12.3 Å². The minimum atomic E-state index is -3.58. The van der Waals surface area contributed by atoms with Crippen LogP contribution in [0.4, 0.5) is 5.69 Å². The largest absolute Gasteiger partial charge is 0.389 e. The molecular formula is C11H17N3O3S2. The number of methoxy groups -OCH3 is 1. The maximum Gasteiger partial charge on any atom is 0.301 e. The summed E-state index contributed by atoms with van der Waals surface area (Å²) in [5.41, 5.74) is 6.69. The highest BCUT2D eigenvalue weighted by Crippen LogP contribution is 2.16. The van der Waals surface area contributed by atoms with Gasteiger partial charge in [0.2, 0.25) is 0 Å². The molecule has 0 aromatic heterocycles. The molecule has 3 N–H and O–H groups in total. The van der Waals surface area contributed by atoms with Crippen molar-refractivity contribution < 1.29 is 13.2 Å². The van der Waals surface area contributed by atoms with E-state index in [1.807, 2.05) is 0 Å². The Bertz CT molecular complexity index is 529. The van der Waals surface area contributed by atoms with E-state index in [0.29, 0.717) is 17.9 Å². The second-order valence-electron chi connectivity index (χ2n) is 3.77. The Morgan fingerprint density at radius 3 is 2.47 bits per heavy atom. The molecule has 0 heterocycles. The molecule has 0 aliphatic heterocycles. The predicted octanol–water partition coefficient (Wildman–Crippen LogP) is 0.238. The third-order valence-electron chi connectivity index (χ3n) is 2.47. The van der Waals surface area contributed by atoms with E-state index in [4.69, 9.17) is 22.7 Å². The maximum absolute atomic E-state index is 11.9. The number of nitrogens with zero attached hydrogens (tertiary/aromatic N) is 1. The van der Waals surface area contributed by atoms with Gasteiger partial charge in [0, 0.05) is 26.3 Å². The van der Waals surface area contributed by atoms with E-state index in [1.54, 1.807) is 24.3 Å². The molecule has 1 aromatic carbocycles. The van der Waals surface area contributed by atoms with Crippen LogP contribution in [0.25, 0.3) is 0 Å². The van der Waals surface area contributed by atoms with Crippen LogP contribution in [0.2, 0.25) is 0 Å². The molecule has 0 bridgehead atoms. The summed E-state index contributed by atoms with van der Waals surface area (Å²) in [6.07, 6.45) is 0. The third kappa shape index (κ3) is 4.43. The third-order valence-corrected chi connectivity index (χ3v) is 4.20. The zero-order valence-corrected chi connectivity index (χ0v) is 12.4. The highest BCUT2D eigenvalue weighted by molar-refractivity contribution is 7.90. The smallest absolute Gasteiger partial charge is 0.301 e. The second-order valence-corrected chi connectivity index (χ2v) is 6.00. The molecule has 0 aliphatic rings. The average Bonchev–Trinajstić information content (AvgIpc) is 2.38. The van der Waals surface area contributed by atoms with Crippen molar-refractivity contribution >= 4 is 33.1 Å². The molecule has 0 fully saturated rings. The van der Waals surface area contributed by atoms with Gasteiger partial charge >= 0.3 is 10.2 Å². The molecule has 0 saturated heterocycles. The molecule has 0 spiro atoms. The van der Waals surface area contributed by atoms with Crippen LogP contribution in [-0.2, 0) is 14.9 Å². The summed E-state index contributed by atoms with van der Waals surface area (Å²) in [6.45, 7) is 0.529. The average molecular weight is 303 g/mol. The lowest BCUT2D eigenvalue weighted by molar-refractivity contribution is 0.204. The summed E-state index contributed by atoms with van der Waals surface area (Å²) in [7, 11) is -0.610. The normalized spacial score (nSPS) is 11.3. The molecule has 1 rings (SSSR count). The Morgan fingerprint density at radius 2 is 2.00 bits per heavy atom. The van der Waals surface area contributed by atoms with Crippen LogP contribution in [0, 0.1) is 0 Å². The van der Waals surface area contributed by atoms with Crippen molar-refractivity contribution in [2.45, 2.75) is 0 Å². The number of thiocarbonyl (C=S) groups is 1. The minimum absolute atomic E-state index is 0.216. The Balaban J connectivity index is 2.81. The van der Waals surface area contributed by atoms with Crippen molar-refractivity contribution in [1.82, 2.24) is 4.72 Å². The molecule has 0 unspecified atom stereocenters. The fourth-order valence-corrected chi connectivity index (χ4v) is 2.41. The summed E-state index contributed by atoms with van der Waals surface area (Å²) >= 11 is 4.83. The number of hydrogen-bond donors (Lipinski definition) is 2. The number of ether oxygens (including phenoxy) is 1. The Morgan fingerprint density at radius 1 is 1.42 bits per heavy atom. The molecule has 106 valence electrons. The number of nitrogens with two attached hydrogens (primary N) is 1. The van der Waals surface area contributed by atoms with Crippen LogP contribution >= 0.6 is 12.2 Å². The second kappa shape index (κ2) is 6.80. The number of nitrogens with one attached hydrogen (secondary N) is 1. The summed E-state index contributed by atoms with van der Waals surface area (Å²) in [6, 6.07) is 6.64. The van der Waals surface area contributed by atoms with Crippen LogP contribution in [0.1, 0.15) is 5.56 Å². The highest BCUT2D eigenvalue weighted by Gasteiger charge is 2.17. The Kier molecular flexibility index (Phi) is 5.67. The van der Waals surface area contributed by atoms with Crippen molar-refractivity contribution in [3.8, 4) is 0 Å². The van der Waals surface area contributed by atoms with Crippen molar-refractivity contribution in [1.29, 1.82) is 0 Å². The van der Waals surface area contributed by atoms with Gasteiger partial charge in [-0.15, -0.1) is 0 Å². The first kappa shape index (κ1) is 15.8. The molecule has 0 aliphatic carbocycles. The van der Waals surface area contributed by atoms with Gasteiger partial charge in [0.25, 0.3) is 0 Å². The first-order chi connectivity index (χ1) is 8.88. The predicted molar refractivity (Wildman–Crippen MR) is 79.5 cm³/mol. The zero-order valence-electron chi connectivity index (χ0n) is 10.8. The molecule has 1 aromatic rings. The number of benzene rings is 1. The monoisotopic (exact) mass is 303 g/mol. The van der Waals surface area contributed by atoms with Gasteiger partial charge in [-0.25, -0.2) is 0 Å². The van der Waals surface area contributed by atoms with Crippen LogP contribution in [0.5, 0.6) is 0 Å². The van der Waals surface area contributed by atoms with E-state index in [0.717, 1.165) is 4.31 Å². The quantitative estimate of drug-likeness (QED) is 0.557. The van der Waals surface area contributed by atoms with Crippen molar-refractivity contribution in [3.05, 3.63) is 29.8 Å². The van der Waals surface area contributed by atoms with E-state index in [2.05, 4.69) is 4.72 Å². The first-order valence-corrected chi connectivity index (χ1v) is 7.35. The molecule has 8 heteroatoms. The van der Waals surface area contributed by atoms with Crippen LogP contribution in [-0.4, -0.2) is 40.7 Å². The van der Waals surface area contributed by atoms with E-state index in [-0.39, 0.29) is 11.5 Å². The first-order valence-electron chi connectivity index (χ1n) is 5.51. The maximum atomic E-state index is 11.9. The zero-order chi connectivity index (χ0) is 14.5. The van der Waals surface area contributed by atoms with Crippen LogP contribution < -0.4 is 14.8 Å². The molecule has 19 heavy (non-hydrogen) atoms. The molecule has 0 amide bonds. The van der Waals surface area contributed by atoms with Crippen molar-refractivity contribution in [2.75, 3.05) is 31.6 Å². The summed E-state index contributed by atoms with van der Waals surface area (Å²) in [4.78, 5) is 0.273. The lowest BCUT2D eigenvalue weighted by Gasteiger charge is -2.20. The number of hydrogen-bond acceptors (Lipinski definition) is 4. The minimum Gasteiger partial charge on any atom is -0.389 e. The van der Waals surface area contributed by atoms with Crippen molar-refractivity contribution in [3.63, 3.8) is 0 Å². The summed E-state index contributed by atoms with van der Waals surface area (Å²) in [5, 5.41) is 0. The number of anilines is 1. The van der Waals surface area contributed by atoms with Gasteiger partial charge in [-0.05, 0) is 24.3 Å². The van der Waals surface area contributed by atoms with Gasteiger partial charge in [0.1, 0.15) is 4.99 Å². The van der Waals surface area contributed by atoms with E-state index < -0.39 is 10.2 Å². The Hall–Kier alpha value is -1.22. The van der Waals surface area contributed by atoms with E-state index in [9.17, 15) is 8.42 Å². The van der Waals surface area contributed by atoms with Crippen molar-refractivity contribution in [2.24, 2.45) is 5.73 Å². The van der Waals surface area contributed by atoms with E-state index in [1.165, 1.54) is 14.2 Å². The van der Waals surface area contributed by atoms with Gasteiger partial charge in [-0.3, -0.25) is 4.31 Å². The summed E-state index contributed by atoms with van der Waals surface area (Å²) in [5.74, 6) is 0. The van der Waals surface area contributed by atoms with Gasteiger partial charge < -0.3 is 10.5 Å². The molecular weight excluding hydrogens is 286 g/mol. The topological polar surface area (TPSA) is 84.7 Å². The molecule has 0 atom stereocenters. The Labute approximate surface area is 118 Å². The SMILES string of the molecule is COCCNS(=O)(=O)N(C)c1ccc(C(N)=S)cc1. The van der Waals surface area contributed by atoms with Gasteiger partial charge in [0.15, 0.2) is 0 Å². The fraction of sp³-hybridized carbons (Fsp3) is 0.364. The molecule has 6 nitrogen and oxygen atoms in total. The standard InChI is InChI=1S/C11H17N3O3S2/c1-14(19(15,16)13-7-8-17-2)10-5-3-9(4-6-10)11(12)18/h3-6,13H,7-8H2,1-2H3,(H2,12,18). The van der Waals surface area contributed by atoms with Gasteiger partial charge in [-0.1, -0.05) is 12.2 Å². The lowest BCUT2D eigenvalue weighted by atomic mass is 10.2. The fourth-order valence-electron chi connectivity index (χ4n) is 1.34. The van der Waals surface area contributed by atoms with Crippen LogP contribution in [0.3, 0.4) is 0 Å².